The van der Waals surface area contributed by atoms with E-state index in [-0.39, 0.29) is 0 Å². The Bertz CT molecular complexity index is 678. The summed E-state index contributed by atoms with van der Waals surface area (Å²) in [5.74, 6) is -0.868. The molecule has 1 aromatic carbocycles. The summed E-state index contributed by atoms with van der Waals surface area (Å²) in [5, 5.41) is 20.7. The van der Waals surface area contributed by atoms with E-state index in [1.807, 2.05) is 36.6 Å². The molecule has 26 heavy (non-hydrogen) atoms. The maximum atomic E-state index is 10.6. The first-order valence-corrected chi connectivity index (χ1v) is 9.76. The van der Waals surface area contributed by atoms with Crippen LogP contribution in [0.1, 0.15) is 19.4 Å². The van der Waals surface area contributed by atoms with E-state index in [9.17, 15) is 10.2 Å². The monoisotopic (exact) mass is 379 g/mol. The number of rotatable bonds is 4. The van der Waals surface area contributed by atoms with E-state index < -0.39 is 36.3 Å². The van der Waals surface area contributed by atoms with Crippen LogP contribution in [0.25, 0.3) is 0 Å². The van der Waals surface area contributed by atoms with Gasteiger partial charge in [0, 0.05) is 0 Å². The Hall–Kier alpha value is -1.38. The van der Waals surface area contributed by atoms with Crippen molar-refractivity contribution < 1.29 is 24.4 Å². The number of ether oxygens (including phenoxy) is 3. The fraction of sp³-hybridized carbons (Fsp3) is 0.526. The van der Waals surface area contributed by atoms with Crippen molar-refractivity contribution in [3.05, 3.63) is 48.0 Å². The molecule has 1 heterocycles. The number of hydrogen-bond acceptors (Lipinski definition) is 7. The van der Waals surface area contributed by atoms with Crippen LogP contribution in [0, 0.1) is 0 Å². The molecule has 3 rings (SSSR count). The van der Waals surface area contributed by atoms with E-state index in [1.165, 1.54) is 17.8 Å². The van der Waals surface area contributed by atoms with Crippen LogP contribution in [0.5, 0.6) is 0 Å². The minimum absolute atomic E-state index is 0.450. The summed E-state index contributed by atoms with van der Waals surface area (Å²) < 4.78 is 17.8. The summed E-state index contributed by atoms with van der Waals surface area (Å²) in [6.45, 7) is 3.62. The summed E-state index contributed by atoms with van der Waals surface area (Å²) in [5.41, 5.74) is -0.394. The molecule has 1 fully saturated rings. The van der Waals surface area contributed by atoms with Gasteiger partial charge in [0.05, 0.1) is 13.2 Å². The number of thioether (sulfide) groups is 1. The van der Waals surface area contributed by atoms with Crippen molar-refractivity contribution in [3.63, 3.8) is 0 Å². The first-order chi connectivity index (χ1) is 12.4. The molecule has 2 N–H and O–H groups in total. The van der Waals surface area contributed by atoms with E-state index in [0.29, 0.717) is 11.8 Å². The topological polar surface area (TPSA) is 80.5 Å². The van der Waals surface area contributed by atoms with Gasteiger partial charge < -0.3 is 24.4 Å². The highest BCUT2D eigenvalue weighted by Gasteiger charge is 2.56. The van der Waals surface area contributed by atoms with Crippen molar-refractivity contribution in [1.29, 1.82) is 0 Å². The van der Waals surface area contributed by atoms with Crippen molar-refractivity contribution >= 4 is 17.0 Å². The predicted molar refractivity (Wildman–Crippen MR) is 101 cm³/mol. The maximum Gasteiger partial charge on any atom is 0.246 e. The fourth-order valence-corrected chi connectivity index (χ4v) is 3.54. The quantitative estimate of drug-likeness (QED) is 0.474. The van der Waals surface area contributed by atoms with Crippen molar-refractivity contribution in [2.24, 2.45) is 4.99 Å². The zero-order chi connectivity index (χ0) is 18.8. The van der Waals surface area contributed by atoms with Crippen LogP contribution in [0.3, 0.4) is 0 Å². The molecule has 1 aromatic rings. The Balaban J connectivity index is 1.76. The minimum atomic E-state index is -1.49. The first-order valence-electron chi connectivity index (χ1n) is 8.54. The lowest BCUT2D eigenvalue weighted by Crippen LogP contribution is -2.55. The minimum Gasteiger partial charge on any atom is -0.463 e. The van der Waals surface area contributed by atoms with Gasteiger partial charge in [-0.25, -0.2) is 4.99 Å². The summed E-state index contributed by atoms with van der Waals surface area (Å²) in [6, 6.07) is 9.93. The Labute approximate surface area is 157 Å². The number of nitrogens with zero attached hydrogens (tertiary/aromatic N) is 1. The highest BCUT2D eigenvalue weighted by atomic mass is 32.2. The van der Waals surface area contributed by atoms with Gasteiger partial charge >= 0.3 is 0 Å². The molecule has 1 aliphatic heterocycles. The third-order valence-electron chi connectivity index (χ3n) is 4.42. The standard InChI is InChI=1S/C19H25NO5S/c1-18(2)24-15-14(9-10-19(22,12-21)16(15)25-18)23-17(26-3)20-11-13-7-5-4-6-8-13/h4-10,14-16,21-22H,11-12H2,1-3H3/t14-,15+,16-,19+/m0/s1. The van der Waals surface area contributed by atoms with E-state index in [4.69, 9.17) is 14.2 Å². The first kappa shape index (κ1) is 19.4. The van der Waals surface area contributed by atoms with Gasteiger partial charge in [-0.2, -0.15) is 0 Å². The molecular formula is C19H25NO5S. The smallest absolute Gasteiger partial charge is 0.246 e. The summed E-state index contributed by atoms with van der Waals surface area (Å²) in [4.78, 5) is 4.53. The molecular weight excluding hydrogens is 354 g/mol. The number of fused-ring (bicyclic) bond motifs is 1. The molecule has 0 aromatic heterocycles. The second-order valence-corrected chi connectivity index (χ2v) is 7.64. The van der Waals surface area contributed by atoms with Crippen molar-refractivity contribution in [1.82, 2.24) is 0 Å². The van der Waals surface area contributed by atoms with E-state index >= 15 is 0 Å². The molecule has 7 heteroatoms. The number of aliphatic hydroxyl groups excluding tert-OH is 1. The average molecular weight is 379 g/mol. The molecule has 0 radical (unpaired) electrons. The zero-order valence-electron chi connectivity index (χ0n) is 15.2. The van der Waals surface area contributed by atoms with Gasteiger partial charge in [-0.1, -0.05) is 42.1 Å². The Morgan fingerprint density at radius 1 is 1.27 bits per heavy atom. The number of aliphatic imine (C=N–C) groups is 1. The van der Waals surface area contributed by atoms with Crippen LogP contribution in [0.2, 0.25) is 0 Å². The largest absolute Gasteiger partial charge is 0.463 e. The van der Waals surface area contributed by atoms with Crippen molar-refractivity contribution in [2.45, 2.75) is 50.1 Å². The third-order valence-corrected chi connectivity index (χ3v) is 4.99. The molecule has 4 atom stereocenters. The highest BCUT2D eigenvalue weighted by molar-refractivity contribution is 8.12. The second kappa shape index (κ2) is 7.70. The fourth-order valence-electron chi connectivity index (χ4n) is 3.14. The normalized spacial score (nSPS) is 33.1. The predicted octanol–water partition coefficient (Wildman–Crippen LogP) is 2.10. The van der Waals surface area contributed by atoms with E-state index in [1.54, 1.807) is 19.9 Å². The lowest BCUT2D eigenvalue weighted by molar-refractivity contribution is -0.168. The number of benzene rings is 1. The number of aliphatic hydroxyl groups is 2. The molecule has 6 nitrogen and oxygen atoms in total. The molecule has 2 aliphatic rings. The van der Waals surface area contributed by atoms with Gasteiger partial charge in [-0.3, -0.25) is 0 Å². The molecule has 0 bridgehead atoms. The third kappa shape index (κ3) is 4.13. The van der Waals surface area contributed by atoms with Crippen LogP contribution in [0.15, 0.2) is 47.5 Å². The molecule has 0 unspecified atom stereocenters. The lowest BCUT2D eigenvalue weighted by atomic mass is 9.85. The van der Waals surface area contributed by atoms with Gasteiger partial charge in [0.15, 0.2) is 5.79 Å². The average Bonchev–Trinajstić information content (AvgIpc) is 2.98. The Morgan fingerprint density at radius 2 is 2.00 bits per heavy atom. The van der Waals surface area contributed by atoms with E-state index in [0.717, 1.165) is 5.56 Å². The zero-order valence-corrected chi connectivity index (χ0v) is 16.0. The summed E-state index contributed by atoms with van der Waals surface area (Å²) in [6.07, 6.45) is 3.41. The van der Waals surface area contributed by atoms with Gasteiger partial charge in [-0.15, -0.1) is 0 Å². The van der Waals surface area contributed by atoms with Crippen LogP contribution < -0.4 is 0 Å². The molecule has 0 saturated carbocycles. The van der Waals surface area contributed by atoms with Crippen LogP contribution >= 0.6 is 11.8 Å². The Morgan fingerprint density at radius 3 is 2.65 bits per heavy atom. The van der Waals surface area contributed by atoms with Gasteiger partial charge in [0.2, 0.25) is 5.23 Å². The van der Waals surface area contributed by atoms with Gasteiger partial charge in [-0.05, 0) is 37.8 Å². The SMILES string of the molecule is CSC(=NCc1ccccc1)O[C@H]1C=C[C@@](O)(CO)[C@H]2OC(C)(C)O[C@H]12. The molecule has 1 aliphatic carbocycles. The highest BCUT2D eigenvalue weighted by Crippen LogP contribution is 2.40. The van der Waals surface area contributed by atoms with Crippen LogP contribution in [-0.2, 0) is 20.8 Å². The van der Waals surface area contributed by atoms with Crippen molar-refractivity contribution in [3.8, 4) is 0 Å². The van der Waals surface area contributed by atoms with Gasteiger partial charge in [0.1, 0.15) is 23.9 Å². The van der Waals surface area contributed by atoms with E-state index in [2.05, 4.69) is 4.99 Å². The van der Waals surface area contributed by atoms with Crippen LogP contribution in [0.4, 0.5) is 0 Å². The molecule has 0 amide bonds. The maximum absolute atomic E-state index is 10.6. The lowest BCUT2D eigenvalue weighted by Gasteiger charge is -2.37. The summed E-state index contributed by atoms with van der Waals surface area (Å²) in [7, 11) is 0. The summed E-state index contributed by atoms with van der Waals surface area (Å²) >= 11 is 1.41. The molecule has 1 saturated heterocycles. The Kier molecular flexibility index (Phi) is 5.74. The number of hydrogen-bond donors (Lipinski definition) is 2. The second-order valence-electron chi connectivity index (χ2n) is 6.88. The van der Waals surface area contributed by atoms with Crippen molar-refractivity contribution in [2.75, 3.05) is 12.9 Å². The van der Waals surface area contributed by atoms with Crippen LogP contribution in [-0.4, -0.2) is 58.0 Å². The van der Waals surface area contributed by atoms with Gasteiger partial charge in [0.25, 0.3) is 0 Å². The molecule has 142 valence electrons. The molecule has 0 spiro atoms.